The molecule has 24 heavy (non-hydrogen) atoms. The van der Waals surface area contributed by atoms with Gasteiger partial charge in [0.05, 0.1) is 11.5 Å². The molecule has 0 N–H and O–H groups in total. The Kier molecular flexibility index (Phi) is 5.73. The molecule has 0 fully saturated rings. The standard InChI is InChI=1S/C17H17NO6/c1-3-22-15-6-4-5-7-16(15)24-17(19)11-23-14-9-8-13(18(20)21)10-12(14)2/h4-10H,3,11H2,1-2H3. The number of esters is 1. The molecular weight excluding hydrogens is 314 g/mol. The van der Waals surface area contributed by atoms with Crippen molar-refractivity contribution < 1.29 is 23.9 Å². The summed E-state index contributed by atoms with van der Waals surface area (Å²) in [6.45, 7) is 3.63. The lowest BCUT2D eigenvalue weighted by Gasteiger charge is -2.11. The van der Waals surface area contributed by atoms with Crippen LogP contribution in [0.5, 0.6) is 17.2 Å². The number of hydrogen-bond acceptors (Lipinski definition) is 6. The maximum atomic E-state index is 11.9. The number of non-ortho nitro benzene ring substituents is 1. The molecule has 0 aliphatic heterocycles. The molecule has 0 aliphatic rings. The van der Waals surface area contributed by atoms with Gasteiger partial charge in [0.2, 0.25) is 0 Å². The quantitative estimate of drug-likeness (QED) is 0.335. The Morgan fingerprint density at radius 3 is 2.42 bits per heavy atom. The summed E-state index contributed by atoms with van der Waals surface area (Å²) in [4.78, 5) is 22.1. The van der Waals surface area contributed by atoms with Crippen molar-refractivity contribution in [1.82, 2.24) is 0 Å². The van der Waals surface area contributed by atoms with Gasteiger partial charge in [-0.15, -0.1) is 0 Å². The molecule has 2 rings (SSSR count). The van der Waals surface area contributed by atoms with E-state index in [1.807, 2.05) is 6.92 Å². The van der Waals surface area contributed by atoms with E-state index < -0.39 is 10.9 Å². The molecule has 0 aliphatic carbocycles. The van der Waals surface area contributed by atoms with E-state index in [9.17, 15) is 14.9 Å². The number of aryl methyl sites for hydroxylation is 1. The summed E-state index contributed by atoms with van der Waals surface area (Å²) in [5, 5.41) is 10.7. The maximum Gasteiger partial charge on any atom is 0.349 e. The highest BCUT2D eigenvalue weighted by Gasteiger charge is 2.13. The fourth-order valence-corrected chi connectivity index (χ4v) is 2.01. The minimum Gasteiger partial charge on any atom is -0.490 e. The third-order valence-electron chi connectivity index (χ3n) is 3.09. The monoisotopic (exact) mass is 331 g/mol. The minimum absolute atomic E-state index is 0.0342. The molecular formula is C17H17NO6. The first kappa shape index (κ1) is 17.3. The van der Waals surface area contributed by atoms with Crippen LogP contribution in [0, 0.1) is 17.0 Å². The van der Waals surface area contributed by atoms with Gasteiger partial charge in [0, 0.05) is 12.1 Å². The Hall–Kier alpha value is -3.09. The normalized spacial score (nSPS) is 10.1. The second kappa shape index (κ2) is 7.96. The zero-order valence-corrected chi connectivity index (χ0v) is 13.4. The number of nitro benzene ring substituents is 1. The van der Waals surface area contributed by atoms with E-state index >= 15 is 0 Å². The average Bonchev–Trinajstić information content (AvgIpc) is 2.55. The smallest absolute Gasteiger partial charge is 0.349 e. The van der Waals surface area contributed by atoms with Crippen molar-refractivity contribution in [2.75, 3.05) is 13.2 Å². The van der Waals surface area contributed by atoms with Crippen LogP contribution in [0.4, 0.5) is 5.69 Å². The first-order chi connectivity index (χ1) is 11.5. The van der Waals surface area contributed by atoms with E-state index in [0.717, 1.165) is 0 Å². The van der Waals surface area contributed by atoms with Crippen molar-refractivity contribution in [3.63, 3.8) is 0 Å². The molecule has 126 valence electrons. The lowest BCUT2D eigenvalue weighted by molar-refractivity contribution is -0.384. The number of nitrogens with zero attached hydrogens (tertiary/aromatic N) is 1. The van der Waals surface area contributed by atoms with E-state index in [0.29, 0.717) is 29.4 Å². The summed E-state index contributed by atoms with van der Waals surface area (Å²) in [5.41, 5.74) is 0.528. The van der Waals surface area contributed by atoms with Gasteiger partial charge in [-0.3, -0.25) is 10.1 Å². The fourth-order valence-electron chi connectivity index (χ4n) is 2.01. The summed E-state index contributed by atoms with van der Waals surface area (Å²) in [7, 11) is 0. The second-order valence-corrected chi connectivity index (χ2v) is 4.85. The summed E-state index contributed by atoms with van der Waals surface area (Å²) in [6.07, 6.45) is 0. The predicted molar refractivity (Wildman–Crippen MR) is 86.6 cm³/mol. The molecule has 0 bridgehead atoms. The molecule has 0 spiro atoms. The molecule has 0 aromatic heterocycles. The van der Waals surface area contributed by atoms with E-state index in [4.69, 9.17) is 14.2 Å². The maximum absolute atomic E-state index is 11.9. The van der Waals surface area contributed by atoms with Crippen molar-refractivity contribution in [1.29, 1.82) is 0 Å². The third kappa shape index (κ3) is 4.45. The highest BCUT2D eigenvalue weighted by Crippen LogP contribution is 2.27. The van der Waals surface area contributed by atoms with Crippen LogP contribution in [-0.2, 0) is 4.79 Å². The van der Waals surface area contributed by atoms with Crippen LogP contribution in [0.25, 0.3) is 0 Å². The van der Waals surface area contributed by atoms with E-state index in [1.54, 1.807) is 31.2 Å². The molecule has 0 unspecified atom stereocenters. The first-order valence-electron chi connectivity index (χ1n) is 7.31. The van der Waals surface area contributed by atoms with Crippen LogP contribution in [-0.4, -0.2) is 24.1 Å². The molecule has 2 aromatic rings. The van der Waals surface area contributed by atoms with Crippen molar-refractivity contribution in [3.05, 3.63) is 58.1 Å². The Labute approximate surface area is 138 Å². The molecule has 0 amide bonds. The van der Waals surface area contributed by atoms with Gasteiger partial charge in [0.15, 0.2) is 18.1 Å². The summed E-state index contributed by atoms with van der Waals surface area (Å²) in [6, 6.07) is 11.0. The molecule has 0 saturated heterocycles. The number of rotatable bonds is 7. The Morgan fingerprint density at radius 2 is 1.79 bits per heavy atom. The summed E-state index contributed by atoms with van der Waals surface area (Å²) < 4.78 is 16.0. The van der Waals surface area contributed by atoms with Gasteiger partial charge in [-0.05, 0) is 37.6 Å². The molecule has 7 heteroatoms. The van der Waals surface area contributed by atoms with Crippen molar-refractivity contribution >= 4 is 11.7 Å². The zero-order chi connectivity index (χ0) is 17.5. The molecule has 0 radical (unpaired) electrons. The van der Waals surface area contributed by atoms with Gasteiger partial charge < -0.3 is 14.2 Å². The Balaban J connectivity index is 1.98. The summed E-state index contributed by atoms with van der Waals surface area (Å²) in [5.74, 6) is 0.573. The molecule has 7 nitrogen and oxygen atoms in total. The van der Waals surface area contributed by atoms with Crippen molar-refractivity contribution in [3.8, 4) is 17.2 Å². The Morgan fingerprint density at radius 1 is 1.08 bits per heavy atom. The van der Waals surface area contributed by atoms with Gasteiger partial charge in [-0.25, -0.2) is 4.79 Å². The number of para-hydroxylation sites is 2. The topological polar surface area (TPSA) is 87.9 Å². The molecule has 0 saturated carbocycles. The molecule has 0 atom stereocenters. The number of carbonyl (C=O) groups excluding carboxylic acids is 1. The van der Waals surface area contributed by atoms with E-state index in [-0.39, 0.29) is 12.3 Å². The average molecular weight is 331 g/mol. The first-order valence-corrected chi connectivity index (χ1v) is 7.31. The lowest BCUT2D eigenvalue weighted by Crippen LogP contribution is -2.18. The van der Waals surface area contributed by atoms with Gasteiger partial charge in [-0.2, -0.15) is 0 Å². The largest absolute Gasteiger partial charge is 0.490 e. The van der Waals surface area contributed by atoms with Crippen molar-refractivity contribution in [2.45, 2.75) is 13.8 Å². The van der Waals surface area contributed by atoms with Gasteiger partial charge in [-0.1, -0.05) is 12.1 Å². The molecule has 0 heterocycles. The third-order valence-corrected chi connectivity index (χ3v) is 3.09. The van der Waals surface area contributed by atoms with Crippen LogP contribution in [0.15, 0.2) is 42.5 Å². The van der Waals surface area contributed by atoms with Crippen LogP contribution >= 0.6 is 0 Å². The van der Waals surface area contributed by atoms with Gasteiger partial charge >= 0.3 is 5.97 Å². The number of ether oxygens (including phenoxy) is 3. The second-order valence-electron chi connectivity index (χ2n) is 4.85. The minimum atomic E-state index is -0.597. The van der Waals surface area contributed by atoms with Crippen LogP contribution in [0.2, 0.25) is 0 Å². The SMILES string of the molecule is CCOc1ccccc1OC(=O)COc1ccc([N+](=O)[O-])cc1C. The Bertz CT molecular complexity index is 744. The van der Waals surface area contributed by atoms with Gasteiger partial charge in [0.25, 0.3) is 5.69 Å². The van der Waals surface area contributed by atoms with E-state index in [2.05, 4.69) is 0 Å². The van der Waals surface area contributed by atoms with Gasteiger partial charge in [0.1, 0.15) is 5.75 Å². The molecule has 2 aromatic carbocycles. The zero-order valence-electron chi connectivity index (χ0n) is 13.4. The highest BCUT2D eigenvalue weighted by atomic mass is 16.6. The summed E-state index contributed by atoms with van der Waals surface area (Å²) >= 11 is 0. The van der Waals surface area contributed by atoms with Crippen LogP contribution in [0.3, 0.4) is 0 Å². The van der Waals surface area contributed by atoms with Crippen LogP contribution < -0.4 is 14.2 Å². The van der Waals surface area contributed by atoms with Crippen molar-refractivity contribution in [2.24, 2.45) is 0 Å². The van der Waals surface area contributed by atoms with E-state index in [1.165, 1.54) is 18.2 Å². The number of hydrogen-bond donors (Lipinski definition) is 0. The highest BCUT2D eigenvalue weighted by molar-refractivity contribution is 5.74. The number of nitro groups is 1. The lowest BCUT2D eigenvalue weighted by atomic mass is 10.2. The number of benzene rings is 2. The number of carbonyl (C=O) groups is 1. The fraction of sp³-hybridized carbons (Fsp3) is 0.235. The van der Waals surface area contributed by atoms with Crippen LogP contribution in [0.1, 0.15) is 12.5 Å². The predicted octanol–water partition coefficient (Wildman–Crippen LogP) is 3.29.